The lowest BCUT2D eigenvalue weighted by Gasteiger charge is -2.35. The molecule has 1 aromatic heterocycles. The Morgan fingerprint density at radius 3 is 2.47 bits per heavy atom. The third-order valence-electron chi connectivity index (χ3n) is 5.87. The fourth-order valence-corrected chi connectivity index (χ4v) is 4.04. The first-order chi connectivity index (χ1) is 14.5. The number of hydrogen-bond acceptors (Lipinski definition) is 6. The standard InChI is InChI=1S/C22H28N4O4/c1-16-18(17(2)30-23-16)15-24-9-11-25(12-10-24)21(27)7-8-22(28)26-13-14-29-20-6-4-3-5-19(20)26/h3-6H,7-15H2,1-2H3. The van der Waals surface area contributed by atoms with E-state index in [1.54, 1.807) is 4.90 Å². The minimum atomic E-state index is -0.0313. The summed E-state index contributed by atoms with van der Waals surface area (Å²) in [5.41, 5.74) is 2.84. The van der Waals surface area contributed by atoms with Gasteiger partial charge in [-0.25, -0.2) is 0 Å². The van der Waals surface area contributed by atoms with Crippen molar-refractivity contribution >= 4 is 17.5 Å². The molecule has 0 saturated carbocycles. The van der Waals surface area contributed by atoms with Gasteiger partial charge in [-0.1, -0.05) is 17.3 Å². The molecule has 1 saturated heterocycles. The van der Waals surface area contributed by atoms with Crippen molar-refractivity contribution < 1.29 is 18.8 Å². The van der Waals surface area contributed by atoms with Crippen LogP contribution in [-0.4, -0.2) is 66.1 Å². The van der Waals surface area contributed by atoms with Crippen molar-refractivity contribution in [3.63, 3.8) is 0 Å². The van der Waals surface area contributed by atoms with Gasteiger partial charge in [0.1, 0.15) is 18.1 Å². The molecule has 0 radical (unpaired) electrons. The third-order valence-corrected chi connectivity index (χ3v) is 5.87. The average molecular weight is 412 g/mol. The van der Waals surface area contributed by atoms with Crippen molar-refractivity contribution in [2.24, 2.45) is 0 Å². The summed E-state index contributed by atoms with van der Waals surface area (Å²) in [6, 6.07) is 7.52. The van der Waals surface area contributed by atoms with Crippen LogP contribution in [0.5, 0.6) is 5.75 Å². The Morgan fingerprint density at radius 1 is 1.00 bits per heavy atom. The van der Waals surface area contributed by atoms with Crippen molar-refractivity contribution in [2.75, 3.05) is 44.2 Å². The monoisotopic (exact) mass is 412 g/mol. The van der Waals surface area contributed by atoms with E-state index in [0.717, 1.165) is 48.1 Å². The molecular weight excluding hydrogens is 384 g/mol. The van der Waals surface area contributed by atoms with Gasteiger partial charge in [-0.05, 0) is 26.0 Å². The van der Waals surface area contributed by atoms with Crippen LogP contribution in [0, 0.1) is 13.8 Å². The largest absolute Gasteiger partial charge is 0.490 e. The van der Waals surface area contributed by atoms with Gasteiger partial charge in [0.25, 0.3) is 0 Å². The highest BCUT2D eigenvalue weighted by molar-refractivity contribution is 5.97. The zero-order valence-electron chi connectivity index (χ0n) is 17.6. The Balaban J connectivity index is 1.25. The van der Waals surface area contributed by atoms with Crippen LogP contribution in [0.15, 0.2) is 28.8 Å². The van der Waals surface area contributed by atoms with E-state index in [1.807, 2.05) is 43.0 Å². The van der Waals surface area contributed by atoms with Gasteiger partial charge in [0.15, 0.2) is 0 Å². The molecule has 0 aliphatic carbocycles. The van der Waals surface area contributed by atoms with Crippen molar-refractivity contribution in [3.8, 4) is 5.75 Å². The minimum absolute atomic E-state index is 0.0313. The molecule has 2 amide bonds. The van der Waals surface area contributed by atoms with Gasteiger partial charge in [-0.3, -0.25) is 14.5 Å². The number of rotatable bonds is 5. The molecule has 0 spiro atoms. The number of nitrogens with zero attached hydrogens (tertiary/aromatic N) is 4. The van der Waals surface area contributed by atoms with Crippen molar-refractivity contribution in [1.82, 2.24) is 15.0 Å². The van der Waals surface area contributed by atoms with Crippen LogP contribution in [0.25, 0.3) is 0 Å². The maximum Gasteiger partial charge on any atom is 0.227 e. The topological polar surface area (TPSA) is 79.1 Å². The Labute approximate surface area is 176 Å². The van der Waals surface area contributed by atoms with Crippen LogP contribution in [0.1, 0.15) is 29.9 Å². The first-order valence-electron chi connectivity index (χ1n) is 10.5. The van der Waals surface area contributed by atoms with E-state index in [2.05, 4.69) is 10.1 Å². The van der Waals surface area contributed by atoms with E-state index in [-0.39, 0.29) is 24.7 Å². The van der Waals surface area contributed by atoms with Gasteiger partial charge < -0.3 is 19.1 Å². The summed E-state index contributed by atoms with van der Waals surface area (Å²) in [6.45, 7) is 8.63. The highest BCUT2D eigenvalue weighted by Crippen LogP contribution is 2.31. The first kappa shape index (κ1) is 20.4. The zero-order chi connectivity index (χ0) is 21.1. The average Bonchev–Trinajstić information content (AvgIpc) is 3.09. The van der Waals surface area contributed by atoms with Crippen molar-refractivity contribution in [2.45, 2.75) is 33.2 Å². The molecule has 2 aliphatic rings. The predicted molar refractivity (Wildman–Crippen MR) is 111 cm³/mol. The number of hydrogen-bond donors (Lipinski definition) is 0. The molecule has 8 nitrogen and oxygen atoms in total. The minimum Gasteiger partial charge on any atom is -0.490 e. The molecule has 30 heavy (non-hydrogen) atoms. The molecule has 0 N–H and O–H groups in total. The second kappa shape index (κ2) is 8.87. The number of carbonyl (C=O) groups is 2. The second-order valence-electron chi connectivity index (χ2n) is 7.82. The zero-order valence-corrected chi connectivity index (χ0v) is 17.6. The number of fused-ring (bicyclic) bond motifs is 1. The number of para-hydroxylation sites is 2. The van der Waals surface area contributed by atoms with Crippen molar-refractivity contribution in [3.05, 3.63) is 41.3 Å². The van der Waals surface area contributed by atoms with Crippen LogP contribution in [0.3, 0.4) is 0 Å². The van der Waals surface area contributed by atoms with Gasteiger partial charge in [-0.2, -0.15) is 0 Å². The summed E-state index contributed by atoms with van der Waals surface area (Å²) in [5.74, 6) is 1.59. The van der Waals surface area contributed by atoms with Gasteiger partial charge in [-0.15, -0.1) is 0 Å². The lowest BCUT2D eigenvalue weighted by atomic mass is 10.1. The maximum absolute atomic E-state index is 12.7. The quantitative estimate of drug-likeness (QED) is 0.749. The Bertz CT molecular complexity index is 898. The molecule has 0 bridgehead atoms. The molecule has 2 aliphatic heterocycles. The van der Waals surface area contributed by atoms with Crippen LogP contribution < -0.4 is 9.64 Å². The maximum atomic E-state index is 12.7. The normalized spacial score (nSPS) is 16.9. The summed E-state index contributed by atoms with van der Waals surface area (Å²) in [5, 5.41) is 4.01. The predicted octanol–water partition coefficient (Wildman–Crippen LogP) is 2.14. The summed E-state index contributed by atoms with van der Waals surface area (Å²) < 4.78 is 10.8. The van der Waals surface area contributed by atoms with Crippen LogP contribution in [0.2, 0.25) is 0 Å². The van der Waals surface area contributed by atoms with E-state index in [1.165, 1.54) is 0 Å². The number of benzene rings is 1. The van der Waals surface area contributed by atoms with Crippen LogP contribution in [-0.2, 0) is 16.1 Å². The van der Waals surface area contributed by atoms with Crippen molar-refractivity contribution in [1.29, 1.82) is 0 Å². The Morgan fingerprint density at radius 2 is 1.73 bits per heavy atom. The molecule has 1 fully saturated rings. The lowest BCUT2D eigenvalue weighted by Crippen LogP contribution is -2.48. The van der Waals surface area contributed by atoms with E-state index in [9.17, 15) is 9.59 Å². The molecule has 0 atom stereocenters. The summed E-state index contributed by atoms with van der Waals surface area (Å²) in [7, 11) is 0. The summed E-state index contributed by atoms with van der Waals surface area (Å²) in [6.07, 6.45) is 0.453. The van der Waals surface area contributed by atoms with Gasteiger partial charge >= 0.3 is 0 Å². The molecule has 1 aromatic carbocycles. The first-order valence-corrected chi connectivity index (χ1v) is 10.5. The Hall–Kier alpha value is -2.87. The molecule has 0 unspecified atom stereocenters. The molecule has 160 valence electrons. The Kier molecular flexibility index (Phi) is 6.03. The van der Waals surface area contributed by atoms with Crippen LogP contribution >= 0.6 is 0 Å². The number of carbonyl (C=O) groups excluding carboxylic acids is 2. The van der Waals surface area contributed by atoms with E-state index in [0.29, 0.717) is 26.2 Å². The molecular formula is C22H28N4O4. The lowest BCUT2D eigenvalue weighted by molar-refractivity contribution is -0.134. The number of aryl methyl sites for hydroxylation is 2. The second-order valence-corrected chi connectivity index (χ2v) is 7.82. The molecule has 4 rings (SSSR count). The smallest absolute Gasteiger partial charge is 0.227 e. The fraction of sp³-hybridized carbons (Fsp3) is 0.500. The molecule has 2 aromatic rings. The summed E-state index contributed by atoms with van der Waals surface area (Å²) in [4.78, 5) is 31.3. The SMILES string of the molecule is Cc1noc(C)c1CN1CCN(C(=O)CCC(=O)N2CCOc3ccccc32)CC1. The number of anilines is 1. The van der Waals surface area contributed by atoms with Gasteiger partial charge in [0.05, 0.1) is 17.9 Å². The number of piperazine rings is 1. The molecule has 3 heterocycles. The number of ether oxygens (including phenoxy) is 1. The highest BCUT2D eigenvalue weighted by atomic mass is 16.5. The van der Waals surface area contributed by atoms with Crippen LogP contribution in [0.4, 0.5) is 5.69 Å². The third kappa shape index (κ3) is 4.33. The highest BCUT2D eigenvalue weighted by Gasteiger charge is 2.26. The van der Waals surface area contributed by atoms with E-state index < -0.39 is 0 Å². The van der Waals surface area contributed by atoms with Gasteiger partial charge in [0, 0.05) is 51.1 Å². The molecule has 8 heteroatoms. The van der Waals surface area contributed by atoms with E-state index >= 15 is 0 Å². The summed E-state index contributed by atoms with van der Waals surface area (Å²) >= 11 is 0. The number of aromatic nitrogens is 1. The van der Waals surface area contributed by atoms with E-state index in [4.69, 9.17) is 9.26 Å². The number of amides is 2. The fourth-order valence-electron chi connectivity index (χ4n) is 4.04. The van der Waals surface area contributed by atoms with Gasteiger partial charge in [0.2, 0.25) is 11.8 Å².